The molecule has 1 saturated carbocycles. The first-order chi connectivity index (χ1) is 7.18. The highest BCUT2D eigenvalue weighted by molar-refractivity contribution is 9.11. The maximum Gasteiger partial charge on any atom is 0.0731 e. The van der Waals surface area contributed by atoms with Gasteiger partial charge in [-0.05, 0) is 53.2 Å². The first kappa shape index (κ1) is 14.5. The molecule has 0 amide bonds. The lowest BCUT2D eigenvalue weighted by Gasteiger charge is -2.26. The van der Waals surface area contributed by atoms with Crippen molar-refractivity contribution in [2.75, 3.05) is 0 Å². The number of halogens is 2. The molecule has 0 bridgehead atoms. The van der Waals surface area contributed by atoms with Crippen LogP contribution >= 0.6 is 39.7 Å². The SMILES string of the molecule is Cc1cc([C@@H](N)C2CCCCC2)sc1Br.Cl. The molecule has 4 heteroatoms. The second-order valence-electron chi connectivity index (χ2n) is 4.53. The molecule has 0 aliphatic heterocycles. The smallest absolute Gasteiger partial charge is 0.0731 e. The highest BCUT2D eigenvalue weighted by Crippen LogP contribution is 2.38. The Kier molecular flexibility index (Phi) is 5.78. The van der Waals surface area contributed by atoms with Crippen molar-refractivity contribution in [1.29, 1.82) is 0 Å². The van der Waals surface area contributed by atoms with Gasteiger partial charge in [0.1, 0.15) is 0 Å². The quantitative estimate of drug-likeness (QED) is 0.829. The minimum Gasteiger partial charge on any atom is -0.323 e. The monoisotopic (exact) mass is 323 g/mol. The number of nitrogens with two attached hydrogens (primary N) is 1. The van der Waals surface area contributed by atoms with Crippen molar-refractivity contribution in [3.8, 4) is 0 Å². The minimum atomic E-state index is 0. The molecule has 1 aliphatic rings. The van der Waals surface area contributed by atoms with Gasteiger partial charge in [0.15, 0.2) is 0 Å². The van der Waals surface area contributed by atoms with E-state index < -0.39 is 0 Å². The third kappa shape index (κ3) is 3.22. The fraction of sp³-hybridized carbons (Fsp3) is 0.667. The topological polar surface area (TPSA) is 26.0 Å². The molecule has 1 aliphatic carbocycles. The van der Waals surface area contributed by atoms with Crippen molar-refractivity contribution in [2.24, 2.45) is 11.7 Å². The molecular weight excluding hydrogens is 306 g/mol. The summed E-state index contributed by atoms with van der Waals surface area (Å²) in [5, 5.41) is 0. The van der Waals surface area contributed by atoms with Gasteiger partial charge < -0.3 is 5.73 Å². The Morgan fingerprint density at radius 1 is 1.38 bits per heavy atom. The largest absolute Gasteiger partial charge is 0.323 e. The summed E-state index contributed by atoms with van der Waals surface area (Å²) in [7, 11) is 0. The van der Waals surface area contributed by atoms with Crippen LogP contribution in [-0.4, -0.2) is 0 Å². The van der Waals surface area contributed by atoms with Crippen LogP contribution in [0.4, 0.5) is 0 Å². The van der Waals surface area contributed by atoms with E-state index in [0.29, 0.717) is 5.92 Å². The molecule has 1 aromatic heterocycles. The lowest BCUT2D eigenvalue weighted by molar-refractivity contribution is 0.310. The first-order valence-electron chi connectivity index (χ1n) is 5.70. The Hall–Kier alpha value is 0.430. The van der Waals surface area contributed by atoms with Crippen LogP contribution in [0.15, 0.2) is 9.85 Å². The summed E-state index contributed by atoms with van der Waals surface area (Å²) < 4.78 is 1.24. The first-order valence-corrected chi connectivity index (χ1v) is 7.31. The van der Waals surface area contributed by atoms with Crippen LogP contribution in [0, 0.1) is 12.8 Å². The molecule has 1 nitrogen and oxygen atoms in total. The zero-order valence-corrected chi connectivity index (χ0v) is 12.8. The summed E-state index contributed by atoms with van der Waals surface area (Å²) >= 11 is 5.38. The highest BCUT2D eigenvalue weighted by atomic mass is 79.9. The number of aryl methyl sites for hydroxylation is 1. The number of thiophene rings is 1. The minimum absolute atomic E-state index is 0. The van der Waals surface area contributed by atoms with Gasteiger partial charge in [0.25, 0.3) is 0 Å². The van der Waals surface area contributed by atoms with Crippen LogP contribution in [0.2, 0.25) is 0 Å². The van der Waals surface area contributed by atoms with Gasteiger partial charge in [-0.1, -0.05) is 19.3 Å². The zero-order chi connectivity index (χ0) is 10.8. The Morgan fingerprint density at radius 3 is 2.50 bits per heavy atom. The third-order valence-corrected chi connectivity index (χ3v) is 5.60. The number of rotatable bonds is 2. The highest BCUT2D eigenvalue weighted by Gasteiger charge is 2.23. The van der Waals surface area contributed by atoms with E-state index in [0.717, 1.165) is 0 Å². The fourth-order valence-electron chi connectivity index (χ4n) is 2.37. The van der Waals surface area contributed by atoms with Crippen molar-refractivity contribution in [2.45, 2.75) is 45.1 Å². The van der Waals surface area contributed by atoms with Gasteiger partial charge in [-0.25, -0.2) is 0 Å². The Balaban J connectivity index is 0.00000128. The van der Waals surface area contributed by atoms with Crippen LogP contribution in [0.5, 0.6) is 0 Å². The van der Waals surface area contributed by atoms with Gasteiger partial charge in [0.05, 0.1) is 3.79 Å². The molecule has 1 heterocycles. The van der Waals surface area contributed by atoms with E-state index in [4.69, 9.17) is 5.73 Å². The van der Waals surface area contributed by atoms with Crippen molar-refractivity contribution in [1.82, 2.24) is 0 Å². The predicted molar refractivity (Wildman–Crippen MR) is 77.5 cm³/mol. The van der Waals surface area contributed by atoms with Gasteiger partial charge in [0.2, 0.25) is 0 Å². The van der Waals surface area contributed by atoms with Gasteiger partial charge in [-0.15, -0.1) is 23.7 Å². The van der Waals surface area contributed by atoms with Crippen molar-refractivity contribution >= 4 is 39.7 Å². The second kappa shape index (κ2) is 6.39. The van der Waals surface area contributed by atoms with Crippen molar-refractivity contribution in [3.05, 3.63) is 20.3 Å². The van der Waals surface area contributed by atoms with Gasteiger partial charge in [-0.3, -0.25) is 0 Å². The molecule has 92 valence electrons. The summed E-state index contributed by atoms with van der Waals surface area (Å²) in [4.78, 5) is 1.35. The normalized spacial score (nSPS) is 19.2. The van der Waals surface area contributed by atoms with E-state index >= 15 is 0 Å². The molecule has 0 unspecified atom stereocenters. The van der Waals surface area contributed by atoms with E-state index in [2.05, 4.69) is 28.9 Å². The van der Waals surface area contributed by atoms with E-state index in [-0.39, 0.29) is 18.4 Å². The predicted octanol–water partition coefficient (Wildman–Crippen LogP) is 4.82. The molecule has 2 rings (SSSR count). The standard InChI is InChI=1S/C12H18BrNS.ClH/c1-8-7-10(15-12(8)13)11(14)9-5-3-2-4-6-9;/h7,9,11H,2-6,14H2,1H3;1H/t11-;/m0./s1. The van der Waals surface area contributed by atoms with E-state index in [1.54, 1.807) is 0 Å². The molecule has 0 spiro atoms. The summed E-state index contributed by atoms with van der Waals surface area (Å²) in [5.41, 5.74) is 7.66. The van der Waals surface area contributed by atoms with Crippen LogP contribution in [0.25, 0.3) is 0 Å². The van der Waals surface area contributed by atoms with Gasteiger partial charge in [0, 0.05) is 10.9 Å². The summed E-state index contributed by atoms with van der Waals surface area (Å²) in [5.74, 6) is 0.712. The fourth-order valence-corrected chi connectivity index (χ4v) is 4.04. The van der Waals surface area contributed by atoms with Gasteiger partial charge >= 0.3 is 0 Å². The lowest BCUT2D eigenvalue weighted by atomic mass is 9.84. The van der Waals surface area contributed by atoms with Crippen molar-refractivity contribution in [3.63, 3.8) is 0 Å². The molecule has 0 saturated heterocycles. The molecule has 1 fully saturated rings. The van der Waals surface area contributed by atoms with Crippen molar-refractivity contribution < 1.29 is 0 Å². The Bertz CT molecular complexity index is 314. The molecule has 0 aromatic carbocycles. The average molecular weight is 325 g/mol. The van der Waals surface area contributed by atoms with Crippen LogP contribution in [0.1, 0.15) is 48.6 Å². The number of hydrogen-bond acceptors (Lipinski definition) is 2. The van der Waals surface area contributed by atoms with E-state index in [1.807, 2.05) is 11.3 Å². The Labute approximate surface area is 116 Å². The molecule has 2 N–H and O–H groups in total. The van der Waals surface area contributed by atoms with Crippen LogP contribution in [-0.2, 0) is 0 Å². The third-order valence-electron chi connectivity index (χ3n) is 3.36. The second-order valence-corrected chi connectivity index (χ2v) is 6.93. The zero-order valence-electron chi connectivity index (χ0n) is 9.54. The summed E-state index contributed by atoms with van der Waals surface area (Å²) in [6.07, 6.45) is 6.76. The number of hydrogen-bond donors (Lipinski definition) is 1. The maximum atomic E-state index is 6.34. The lowest BCUT2D eigenvalue weighted by Crippen LogP contribution is -2.22. The molecule has 1 aromatic rings. The molecule has 0 radical (unpaired) electrons. The van der Waals surface area contributed by atoms with E-state index in [1.165, 1.54) is 46.3 Å². The maximum absolute atomic E-state index is 6.34. The average Bonchev–Trinajstić information content (AvgIpc) is 2.59. The summed E-state index contributed by atoms with van der Waals surface area (Å²) in [6.45, 7) is 2.14. The van der Waals surface area contributed by atoms with E-state index in [9.17, 15) is 0 Å². The van der Waals surface area contributed by atoms with Gasteiger partial charge in [-0.2, -0.15) is 0 Å². The molecule has 1 atom stereocenters. The van der Waals surface area contributed by atoms with Crippen LogP contribution < -0.4 is 5.73 Å². The van der Waals surface area contributed by atoms with Crippen LogP contribution in [0.3, 0.4) is 0 Å². The molecular formula is C12H19BrClNS. The Morgan fingerprint density at radius 2 is 2.00 bits per heavy atom. The molecule has 16 heavy (non-hydrogen) atoms. The summed E-state index contributed by atoms with van der Waals surface area (Å²) in [6, 6.07) is 2.51.